The first kappa shape index (κ1) is 13.8. The molecular formula is C14H15N3O3. The molecule has 6 nitrogen and oxygen atoms in total. The third-order valence-electron chi connectivity index (χ3n) is 2.91. The number of aromatic nitrogens is 2. The van der Waals surface area contributed by atoms with Gasteiger partial charge in [-0.05, 0) is 24.3 Å². The highest BCUT2D eigenvalue weighted by Gasteiger charge is 2.14. The van der Waals surface area contributed by atoms with Gasteiger partial charge in [-0.3, -0.25) is 9.78 Å². The largest absolute Gasteiger partial charge is 0.477 e. The number of carbonyl (C=O) groups is 2. The Bertz CT molecular complexity index is 607. The molecule has 1 amide bonds. The number of carbonyl (C=O) groups excluding carboxylic acids is 1. The third kappa shape index (κ3) is 3.23. The highest BCUT2D eigenvalue weighted by Crippen LogP contribution is 2.05. The number of carboxylic acid groups (broad SMARTS) is 1. The molecule has 0 fully saturated rings. The molecule has 0 aliphatic carbocycles. The second kappa shape index (κ2) is 6.01. The Hall–Kier alpha value is -2.63. The van der Waals surface area contributed by atoms with E-state index in [-0.39, 0.29) is 18.1 Å². The lowest BCUT2D eigenvalue weighted by molar-refractivity contribution is -0.131. The van der Waals surface area contributed by atoms with Gasteiger partial charge in [-0.15, -0.1) is 0 Å². The molecule has 0 saturated heterocycles. The van der Waals surface area contributed by atoms with Crippen LogP contribution < -0.4 is 0 Å². The normalized spacial score (nSPS) is 10.2. The van der Waals surface area contributed by atoms with Crippen LogP contribution in [0.15, 0.2) is 42.7 Å². The zero-order chi connectivity index (χ0) is 14.5. The highest BCUT2D eigenvalue weighted by molar-refractivity contribution is 5.86. The van der Waals surface area contributed by atoms with Crippen molar-refractivity contribution in [2.24, 2.45) is 0 Å². The van der Waals surface area contributed by atoms with Gasteiger partial charge in [0.2, 0.25) is 5.91 Å². The molecule has 20 heavy (non-hydrogen) atoms. The highest BCUT2D eigenvalue weighted by atomic mass is 16.4. The molecule has 2 heterocycles. The summed E-state index contributed by atoms with van der Waals surface area (Å²) in [6.07, 6.45) is 3.25. The van der Waals surface area contributed by atoms with Crippen molar-refractivity contribution in [1.29, 1.82) is 0 Å². The lowest BCUT2D eigenvalue weighted by Gasteiger charge is -2.17. The van der Waals surface area contributed by atoms with E-state index in [2.05, 4.69) is 4.98 Å². The van der Waals surface area contributed by atoms with E-state index in [9.17, 15) is 9.59 Å². The van der Waals surface area contributed by atoms with Crippen molar-refractivity contribution in [3.63, 3.8) is 0 Å². The van der Waals surface area contributed by atoms with Gasteiger partial charge >= 0.3 is 5.97 Å². The van der Waals surface area contributed by atoms with Crippen molar-refractivity contribution in [3.8, 4) is 0 Å². The minimum absolute atomic E-state index is 0.00202. The van der Waals surface area contributed by atoms with Crippen LogP contribution in [0.5, 0.6) is 0 Å². The quantitative estimate of drug-likeness (QED) is 0.889. The Labute approximate surface area is 116 Å². The van der Waals surface area contributed by atoms with E-state index in [1.165, 1.54) is 15.5 Å². The lowest BCUT2D eigenvalue weighted by Crippen LogP contribution is -2.30. The van der Waals surface area contributed by atoms with Crippen LogP contribution in [0.4, 0.5) is 0 Å². The molecular weight excluding hydrogens is 258 g/mol. The molecule has 0 aliphatic heterocycles. The number of pyridine rings is 1. The van der Waals surface area contributed by atoms with E-state index in [0.717, 1.165) is 5.69 Å². The summed E-state index contributed by atoms with van der Waals surface area (Å²) in [5.41, 5.74) is 0.888. The molecule has 0 aliphatic rings. The van der Waals surface area contributed by atoms with Gasteiger partial charge in [-0.1, -0.05) is 6.07 Å². The summed E-state index contributed by atoms with van der Waals surface area (Å²) in [7, 11) is 1.67. The summed E-state index contributed by atoms with van der Waals surface area (Å²) in [6, 6.07) is 8.57. The van der Waals surface area contributed by atoms with E-state index in [1.807, 2.05) is 18.2 Å². The molecule has 0 unspecified atom stereocenters. The van der Waals surface area contributed by atoms with Crippen molar-refractivity contribution in [2.45, 2.75) is 13.1 Å². The van der Waals surface area contributed by atoms with Crippen LogP contribution >= 0.6 is 0 Å². The average molecular weight is 273 g/mol. The summed E-state index contributed by atoms with van der Waals surface area (Å²) in [6.45, 7) is 0.390. The number of amides is 1. The molecule has 0 atom stereocenters. The minimum Gasteiger partial charge on any atom is -0.477 e. The molecule has 0 saturated carbocycles. The van der Waals surface area contributed by atoms with Crippen LogP contribution in [0.1, 0.15) is 16.2 Å². The van der Waals surface area contributed by atoms with E-state index in [1.54, 1.807) is 25.5 Å². The van der Waals surface area contributed by atoms with Gasteiger partial charge in [0.15, 0.2) is 0 Å². The maximum atomic E-state index is 12.1. The Morgan fingerprint density at radius 1 is 1.30 bits per heavy atom. The molecule has 0 radical (unpaired) electrons. The number of hydrogen-bond donors (Lipinski definition) is 1. The molecule has 2 aromatic rings. The maximum Gasteiger partial charge on any atom is 0.352 e. The van der Waals surface area contributed by atoms with E-state index in [4.69, 9.17) is 5.11 Å². The van der Waals surface area contributed by atoms with Gasteiger partial charge in [0.25, 0.3) is 0 Å². The Morgan fingerprint density at radius 2 is 2.10 bits per heavy atom. The Morgan fingerprint density at radius 3 is 2.75 bits per heavy atom. The van der Waals surface area contributed by atoms with Gasteiger partial charge in [0.1, 0.15) is 12.2 Å². The fraction of sp³-hybridized carbons (Fsp3) is 0.214. The van der Waals surface area contributed by atoms with Crippen molar-refractivity contribution in [3.05, 3.63) is 54.1 Å². The Kier molecular flexibility index (Phi) is 4.14. The Balaban J connectivity index is 2.01. The zero-order valence-corrected chi connectivity index (χ0v) is 11.1. The summed E-state index contributed by atoms with van der Waals surface area (Å²) < 4.78 is 1.42. The number of likely N-dealkylation sites (N-methyl/N-ethyl adjacent to an activating group) is 1. The van der Waals surface area contributed by atoms with E-state index in [0.29, 0.717) is 6.54 Å². The zero-order valence-electron chi connectivity index (χ0n) is 11.1. The first-order valence-corrected chi connectivity index (χ1v) is 6.10. The summed E-state index contributed by atoms with van der Waals surface area (Å²) in [4.78, 5) is 28.7. The van der Waals surface area contributed by atoms with Crippen LogP contribution in [-0.4, -0.2) is 38.5 Å². The van der Waals surface area contributed by atoms with Crippen molar-refractivity contribution in [2.75, 3.05) is 7.05 Å². The smallest absolute Gasteiger partial charge is 0.352 e. The summed E-state index contributed by atoms with van der Waals surface area (Å²) in [5.74, 6) is -1.22. The third-order valence-corrected chi connectivity index (χ3v) is 2.91. The molecule has 6 heteroatoms. The molecule has 0 spiro atoms. The first-order valence-electron chi connectivity index (χ1n) is 6.10. The molecule has 0 bridgehead atoms. The SMILES string of the molecule is CN(Cc1ccccn1)C(=O)Cn1cccc1C(=O)O. The molecule has 2 aromatic heterocycles. The van der Waals surface area contributed by atoms with E-state index < -0.39 is 5.97 Å². The monoisotopic (exact) mass is 273 g/mol. The van der Waals surface area contributed by atoms with Gasteiger partial charge in [0.05, 0.1) is 12.2 Å². The number of rotatable bonds is 5. The van der Waals surface area contributed by atoms with E-state index >= 15 is 0 Å². The second-order valence-electron chi connectivity index (χ2n) is 4.40. The molecule has 2 rings (SSSR count). The minimum atomic E-state index is -1.05. The number of carboxylic acids is 1. The van der Waals surface area contributed by atoms with Gasteiger partial charge in [0, 0.05) is 19.4 Å². The van der Waals surface area contributed by atoms with Crippen molar-refractivity contribution < 1.29 is 14.7 Å². The number of nitrogens with zero attached hydrogens (tertiary/aromatic N) is 3. The first-order chi connectivity index (χ1) is 9.58. The van der Waals surface area contributed by atoms with Gasteiger partial charge in [-0.25, -0.2) is 4.79 Å². The predicted molar refractivity (Wildman–Crippen MR) is 72.1 cm³/mol. The standard InChI is InChI=1S/C14H15N3O3/c1-16(9-11-5-2-3-7-15-11)13(18)10-17-8-4-6-12(17)14(19)20/h2-8H,9-10H2,1H3,(H,19,20). The van der Waals surface area contributed by atoms with Gasteiger partial charge in [-0.2, -0.15) is 0 Å². The van der Waals surface area contributed by atoms with Crippen LogP contribution in [0.3, 0.4) is 0 Å². The molecule has 104 valence electrons. The number of aromatic carboxylic acids is 1. The molecule has 1 N–H and O–H groups in total. The fourth-order valence-corrected chi connectivity index (χ4v) is 1.84. The van der Waals surface area contributed by atoms with Crippen LogP contribution in [0.25, 0.3) is 0 Å². The predicted octanol–water partition coefficient (Wildman–Crippen LogP) is 1.24. The topological polar surface area (TPSA) is 75.4 Å². The van der Waals surface area contributed by atoms with Crippen LogP contribution in [0.2, 0.25) is 0 Å². The van der Waals surface area contributed by atoms with Crippen LogP contribution in [-0.2, 0) is 17.9 Å². The summed E-state index contributed by atoms with van der Waals surface area (Å²) in [5, 5.41) is 8.99. The fourth-order valence-electron chi connectivity index (χ4n) is 1.84. The van der Waals surface area contributed by atoms with Crippen molar-refractivity contribution in [1.82, 2.24) is 14.5 Å². The average Bonchev–Trinajstić information content (AvgIpc) is 2.88. The van der Waals surface area contributed by atoms with Gasteiger partial charge < -0.3 is 14.6 Å². The summed E-state index contributed by atoms with van der Waals surface area (Å²) >= 11 is 0. The number of hydrogen-bond acceptors (Lipinski definition) is 3. The lowest BCUT2D eigenvalue weighted by atomic mass is 10.3. The van der Waals surface area contributed by atoms with Crippen LogP contribution in [0, 0.1) is 0 Å². The van der Waals surface area contributed by atoms with Crippen molar-refractivity contribution >= 4 is 11.9 Å². The molecule has 0 aromatic carbocycles. The maximum absolute atomic E-state index is 12.1. The second-order valence-corrected chi connectivity index (χ2v) is 4.40.